The lowest BCUT2D eigenvalue weighted by atomic mass is 9.90. The number of thiophene rings is 1. The highest BCUT2D eigenvalue weighted by molar-refractivity contribution is 7.57. The number of aromatic nitrogens is 1. The minimum absolute atomic E-state index is 0.00844. The summed E-state index contributed by atoms with van der Waals surface area (Å²) >= 11 is 1.17. The molecule has 2 N–H and O–H groups in total. The predicted molar refractivity (Wildman–Crippen MR) is 227 cm³/mol. The second kappa shape index (κ2) is 19.1. The molecule has 14 nitrogen and oxygen atoms in total. The molecule has 0 aliphatic carbocycles. The molecule has 3 aliphatic rings. The number of esters is 1. The van der Waals surface area contributed by atoms with E-state index < -0.39 is 49.4 Å². The molecule has 4 unspecified atom stereocenters. The molecule has 4 aromatic rings. The van der Waals surface area contributed by atoms with Crippen molar-refractivity contribution in [2.45, 2.75) is 94.8 Å². The van der Waals surface area contributed by atoms with Gasteiger partial charge in [-0.1, -0.05) is 50.1 Å². The zero-order valence-corrected chi connectivity index (χ0v) is 36.0. The van der Waals surface area contributed by atoms with Gasteiger partial charge < -0.3 is 29.1 Å². The number of amides is 3. The summed E-state index contributed by atoms with van der Waals surface area (Å²) in [6.07, 6.45) is 6.02. The molecule has 8 atom stereocenters. The molecular weight excluding hydrogens is 823 g/mol. The summed E-state index contributed by atoms with van der Waals surface area (Å²) in [5.41, 5.74) is 0.766. The number of nitrogens with one attached hydrogen (secondary N) is 2. The molecule has 2 aromatic heterocycles. The summed E-state index contributed by atoms with van der Waals surface area (Å²) in [5.74, 6) is -4.13. The molecule has 7 rings (SSSR count). The van der Waals surface area contributed by atoms with E-state index in [-0.39, 0.29) is 53.1 Å². The fraction of sp³-hybridized carbons (Fsp3) is 0.455. The maximum atomic E-state index is 16.6. The van der Waals surface area contributed by atoms with Crippen LogP contribution in [0.3, 0.4) is 0 Å². The van der Waals surface area contributed by atoms with Crippen molar-refractivity contribution in [2.75, 3.05) is 26.8 Å². The molecule has 322 valence electrons. The van der Waals surface area contributed by atoms with Gasteiger partial charge in [-0.3, -0.25) is 23.7 Å². The maximum absolute atomic E-state index is 16.6. The number of benzene rings is 2. The standard InChI is InChI=1S/C44H50FN6O8PS/c1-4-21-58-44(55)27(2)49-60(56,59-32-12-6-5-7-13-32)39(45)28-16-19-37-29(22-28)23-38(61-37)40(52)48-35-15-9-8-11-31-17-18-36(51(31)42(35)53)43(54)50-25-30(24-46)34(26-50)33-14-10-20-47-41(33)57-3/h5-7,10,12-14,16,19-20,22-23,27,30-31,34-36,39H,4,8-9,11,15,17-18,21,25-26H2,1-3H3,(H,48,52)(H,49,56)/t27-,30-,31-,34?,35?,36-,39?,60?/m0/s1. The number of rotatable bonds is 14. The van der Waals surface area contributed by atoms with Crippen LogP contribution < -0.4 is 19.7 Å². The van der Waals surface area contributed by atoms with Crippen molar-refractivity contribution < 1.29 is 42.1 Å². The Morgan fingerprint density at radius 1 is 1.05 bits per heavy atom. The zero-order valence-electron chi connectivity index (χ0n) is 34.3. The largest absolute Gasteiger partial charge is 0.481 e. The van der Waals surface area contributed by atoms with Crippen LogP contribution in [0.1, 0.15) is 91.4 Å². The van der Waals surface area contributed by atoms with Crippen LogP contribution in [0, 0.1) is 17.2 Å². The number of likely N-dealkylation sites (tertiary alicyclic amines) is 1. The third-order valence-corrected chi connectivity index (χ3v) is 14.9. The van der Waals surface area contributed by atoms with Crippen molar-refractivity contribution in [1.29, 1.82) is 5.26 Å². The molecule has 3 saturated heterocycles. The van der Waals surface area contributed by atoms with Gasteiger partial charge in [-0.05, 0) is 86.4 Å². The van der Waals surface area contributed by atoms with E-state index in [4.69, 9.17) is 14.0 Å². The number of alkyl halides is 1. The number of hydrogen-bond acceptors (Lipinski definition) is 11. The number of para-hydroxylation sites is 1. The number of hydrogen-bond donors (Lipinski definition) is 2. The zero-order chi connectivity index (χ0) is 43.3. The first kappa shape index (κ1) is 43.7. The highest BCUT2D eigenvalue weighted by atomic mass is 32.1. The summed E-state index contributed by atoms with van der Waals surface area (Å²) in [6, 6.07) is 17.4. The van der Waals surface area contributed by atoms with Gasteiger partial charge in [-0.25, -0.2) is 14.5 Å². The minimum Gasteiger partial charge on any atom is -0.481 e. The van der Waals surface area contributed by atoms with Crippen LogP contribution in [0.4, 0.5) is 4.39 Å². The van der Waals surface area contributed by atoms with Crippen LogP contribution in [0.15, 0.2) is 72.9 Å². The van der Waals surface area contributed by atoms with Crippen LogP contribution in [0.5, 0.6) is 11.6 Å². The number of ether oxygens (including phenoxy) is 2. The molecule has 0 radical (unpaired) electrons. The second-order valence-corrected chi connectivity index (χ2v) is 18.9. The van der Waals surface area contributed by atoms with E-state index in [9.17, 15) is 29.0 Å². The van der Waals surface area contributed by atoms with Gasteiger partial charge in [0.25, 0.3) is 5.91 Å². The molecule has 0 spiro atoms. The van der Waals surface area contributed by atoms with Crippen molar-refractivity contribution in [1.82, 2.24) is 25.2 Å². The molecule has 5 heterocycles. The van der Waals surface area contributed by atoms with Crippen molar-refractivity contribution in [3.05, 3.63) is 88.9 Å². The SMILES string of the molecule is CCCOC(=O)[C@H](C)NP(=O)(Oc1ccccc1)C(F)c1ccc2sc(C(=O)NC3CCCC[C@H]4CC[C@@H](C(=O)N5CC(c6cccnc6OC)[C@@H](C#N)C5)N4C3=O)cc2c1. The van der Waals surface area contributed by atoms with E-state index in [1.54, 1.807) is 52.4 Å². The van der Waals surface area contributed by atoms with Gasteiger partial charge in [-0.2, -0.15) is 5.26 Å². The maximum Gasteiger partial charge on any atom is 0.355 e. The van der Waals surface area contributed by atoms with Gasteiger partial charge in [0.05, 0.1) is 30.6 Å². The topological polar surface area (TPSA) is 180 Å². The van der Waals surface area contributed by atoms with E-state index in [1.807, 2.05) is 13.0 Å². The van der Waals surface area contributed by atoms with Crippen molar-refractivity contribution >= 4 is 52.6 Å². The normalized spacial score (nSPS) is 23.5. The Hall–Kier alpha value is -5.36. The average molecular weight is 873 g/mol. The number of carbonyl (C=O) groups excluding carboxylic acids is 4. The van der Waals surface area contributed by atoms with Crippen LogP contribution in [0.25, 0.3) is 10.1 Å². The fourth-order valence-electron chi connectivity index (χ4n) is 8.58. The number of nitriles is 1. The van der Waals surface area contributed by atoms with Crippen molar-refractivity contribution in [2.24, 2.45) is 5.92 Å². The lowest BCUT2D eigenvalue weighted by Gasteiger charge is -2.36. The molecule has 3 fully saturated rings. The summed E-state index contributed by atoms with van der Waals surface area (Å²) in [4.78, 5) is 63.1. The van der Waals surface area contributed by atoms with Crippen LogP contribution in [0.2, 0.25) is 0 Å². The molecular formula is C44H50FN6O8PS. The first-order valence-electron chi connectivity index (χ1n) is 20.7. The Balaban J connectivity index is 1.07. The Kier molecular flexibility index (Phi) is 13.7. The van der Waals surface area contributed by atoms with Crippen LogP contribution in [-0.4, -0.2) is 89.4 Å². The van der Waals surface area contributed by atoms with Gasteiger partial charge in [0.2, 0.25) is 23.6 Å². The predicted octanol–water partition coefficient (Wildman–Crippen LogP) is 7.27. The number of nitrogens with zero attached hydrogens (tertiary/aromatic N) is 4. The molecule has 0 bridgehead atoms. The number of carbonyl (C=O) groups is 4. The first-order valence-corrected chi connectivity index (χ1v) is 23.2. The molecule has 17 heteroatoms. The lowest BCUT2D eigenvalue weighted by Crippen LogP contribution is -2.56. The highest BCUT2D eigenvalue weighted by Crippen LogP contribution is 2.58. The Morgan fingerprint density at radius 2 is 1.84 bits per heavy atom. The lowest BCUT2D eigenvalue weighted by molar-refractivity contribution is -0.146. The molecule has 2 aromatic carbocycles. The van der Waals surface area contributed by atoms with Gasteiger partial charge in [0.15, 0.2) is 0 Å². The summed E-state index contributed by atoms with van der Waals surface area (Å²) in [7, 11) is -2.94. The van der Waals surface area contributed by atoms with E-state index in [0.29, 0.717) is 54.6 Å². The van der Waals surface area contributed by atoms with E-state index in [1.165, 1.54) is 49.6 Å². The highest BCUT2D eigenvalue weighted by Gasteiger charge is 2.48. The average Bonchev–Trinajstić information content (AvgIpc) is 4.02. The number of fused-ring (bicyclic) bond motifs is 2. The smallest absolute Gasteiger partial charge is 0.355 e. The summed E-state index contributed by atoms with van der Waals surface area (Å²) in [5, 5.41) is 16.1. The number of halogens is 1. The monoisotopic (exact) mass is 872 g/mol. The fourth-order valence-corrected chi connectivity index (χ4v) is 11.4. The van der Waals surface area contributed by atoms with Crippen LogP contribution in [-0.2, 0) is 23.7 Å². The Bertz CT molecular complexity index is 2340. The first-order chi connectivity index (χ1) is 29.4. The third kappa shape index (κ3) is 9.44. The quantitative estimate of drug-likeness (QED) is 0.0961. The van der Waals surface area contributed by atoms with E-state index in [2.05, 4.69) is 21.5 Å². The number of pyridine rings is 1. The molecule has 61 heavy (non-hydrogen) atoms. The third-order valence-electron chi connectivity index (χ3n) is 11.6. The second-order valence-electron chi connectivity index (χ2n) is 15.8. The Labute approximate surface area is 358 Å². The number of methoxy groups -OCH3 is 1. The van der Waals surface area contributed by atoms with Gasteiger partial charge in [-0.15, -0.1) is 11.3 Å². The molecule has 3 amide bonds. The minimum atomic E-state index is -4.46. The summed E-state index contributed by atoms with van der Waals surface area (Å²) in [6.45, 7) is 3.93. The van der Waals surface area contributed by atoms with Crippen LogP contribution >= 0.6 is 18.9 Å². The Morgan fingerprint density at radius 3 is 2.59 bits per heavy atom. The van der Waals surface area contributed by atoms with Crippen molar-refractivity contribution in [3.63, 3.8) is 0 Å². The van der Waals surface area contributed by atoms with Gasteiger partial charge >= 0.3 is 13.5 Å². The van der Waals surface area contributed by atoms with E-state index >= 15 is 4.39 Å². The van der Waals surface area contributed by atoms with E-state index in [0.717, 1.165) is 18.4 Å². The molecule has 0 saturated carbocycles. The van der Waals surface area contributed by atoms with Crippen molar-refractivity contribution in [3.8, 4) is 17.7 Å². The molecule has 3 aliphatic heterocycles. The summed E-state index contributed by atoms with van der Waals surface area (Å²) < 4.78 is 47.9. The van der Waals surface area contributed by atoms with Gasteiger partial charge in [0.1, 0.15) is 23.9 Å². The van der Waals surface area contributed by atoms with Gasteiger partial charge in [0, 0.05) is 41.5 Å².